The summed E-state index contributed by atoms with van der Waals surface area (Å²) in [5.74, 6) is -1.39. The van der Waals surface area contributed by atoms with Crippen molar-refractivity contribution in [3.05, 3.63) is 10.6 Å². The number of anilines is 1. The van der Waals surface area contributed by atoms with E-state index in [2.05, 4.69) is 28.8 Å². The highest BCUT2D eigenvalue weighted by Gasteiger charge is 2.28. The van der Waals surface area contributed by atoms with Gasteiger partial charge in [0.15, 0.2) is 16.6 Å². The van der Waals surface area contributed by atoms with E-state index in [0.29, 0.717) is 5.13 Å². The van der Waals surface area contributed by atoms with E-state index >= 15 is 0 Å². The van der Waals surface area contributed by atoms with Crippen molar-refractivity contribution in [2.45, 2.75) is 19.9 Å². The molecule has 2 rings (SSSR count). The van der Waals surface area contributed by atoms with Gasteiger partial charge in [0.05, 0.1) is 0 Å². The van der Waals surface area contributed by atoms with Crippen LogP contribution >= 0.6 is 11.3 Å². The van der Waals surface area contributed by atoms with Gasteiger partial charge in [-0.15, -0.1) is 0 Å². The smallest absolute Gasteiger partial charge is 0.356 e. The first-order valence-corrected chi connectivity index (χ1v) is 6.92. The van der Waals surface area contributed by atoms with Crippen LogP contribution in [0.4, 0.5) is 5.13 Å². The number of carbonyl (C=O) groups is 2. The lowest BCUT2D eigenvalue weighted by Gasteiger charge is -2.38. The highest BCUT2D eigenvalue weighted by molar-refractivity contribution is 7.17. The largest absolute Gasteiger partial charge is 0.476 e. The molecule has 1 atom stereocenters. The van der Waals surface area contributed by atoms with Crippen LogP contribution in [0.25, 0.3) is 0 Å². The second-order valence-electron chi connectivity index (χ2n) is 4.84. The SMILES string of the molecule is CC(=O)c1sc(N2CCN(C)CC2C)nc1C(=O)O. The van der Waals surface area contributed by atoms with Crippen molar-refractivity contribution in [3.63, 3.8) is 0 Å². The Kier molecular flexibility index (Phi) is 3.86. The standard InChI is InChI=1S/C12H17N3O3S/c1-7-6-14(3)4-5-15(7)12-13-9(11(17)18)10(19-12)8(2)16/h7H,4-6H2,1-3H3,(H,17,18). The van der Waals surface area contributed by atoms with Crippen molar-refractivity contribution in [1.82, 2.24) is 9.88 Å². The topological polar surface area (TPSA) is 73.7 Å². The van der Waals surface area contributed by atoms with Crippen molar-refractivity contribution in [2.24, 2.45) is 0 Å². The van der Waals surface area contributed by atoms with Crippen LogP contribution in [0.1, 0.15) is 34.0 Å². The molecular formula is C12H17N3O3S. The lowest BCUT2D eigenvalue weighted by molar-refractivity contribution is 0.0687. The molecule has 1 aromatic heterocycles. The summed E-state index contributed by atoms with van der Waals surface area (Å²) in [7, 11) is 2.05. The van der Waals surface area contributed by atoms with E-state index in [9.17, 15) is 9.59 Å². The number of hydrogen-bond donors (Lipinski definition) is 1. The van der Waals surface area contributed by atoms with Gasteiger partial charge in [0.25, 0.3) is 0 Å². The summed E-state index contributed by atoms with van der Waals surface area (Å²) in [6.07, 6.45) is 0. The zero-order valence-electron chi connectivity index (χ0n) is 11.2. The minimum Gasteiger partial charge on any atom is -0.476 e. The van der Waals surface area contributed by atoms with Crippen molar-refractivity contribution >= 4 is 28.2 Å². The van der Waals surface area contributed by atoms with Gasteiger partial charge in [0.2, 0.25) is 0 Å². The predicted octanol–water partition coefficient (Wildman–Crippen LogP) is 1.18. The fourth-order valence-corrected chi connectivity index (χ4v) is 3.32. The Morgan fingerprint density at radius 2 is 2.11 bits per heavy atom. The van der Waals surface area contributed by atoms with Gasteiger partial charge in [-0.25, -0.2) is 9.78 Å². The molecule has 1 saturated heterocycles. The number of piperazine rings is 1. The molecule has 0 aliphatic carbocycles. The third-order valence-corrected chi connectivity index (χ3v) is 4.41. The Labute approximate surface area is 115 Å². The number of carbonyl (C=O) groups excluding carboxylic acids is 1. The molecule has 0 spiro atoms. The molecule has 1 aliphatic rings. The molecule has 1 N–H and O–H groups in total. The van der Waals surface area contributed by atoms with Crippen molar-refractivity contribution in [1.29, 1.82) is 0 Å². The van der Waals surface area contributed by atoms with E-state index in [1.54, 1.807) is 0 Å². The number of carboxylic acid groups (broad SMARTS) is 1. The lowest BCUT2D eigenvalue weighted by Crippen LogP contribution is -2.50. The second-order valence-corrected chi connectivity index (χ2v) is 5.82. The molecule has 104 valence electrons. The van der Waals surface area contributed by atoms with E-state index in [0.717, 1.165) is 19.6 Å². The zero-order chi connectivity index (χ0) is 14.2. The molecule has 7 heteroatoms. The molecule has 0 saturated carbocycles. The van der Waals surface area contributed by atoms with E-state index in [-0.39, 0.29) is 22.4 Å². The summed E-state index contributed by atoms with van der Waals surface area (Å²) in [4.78, 5) is 31.3. The molecular weight excluding hydrogens is 266 g/mol. The number of aromatic carboxylic acids is 1. The van der Waals surface area contributed by atoms with Crippen LogP contribution in [0, 0.1) is 0 Å². The van der Waals surface area contributed by atoms with Gasteiger partial charge in [-0.1, -0.05) is 11.3 Å². The van der Waals surface area contributed by atoms with Gasteiger partial charge >= 0.3 is 5.97 Å². The van der Waals surface area contributed by atoms with Gasteiger partial charge in [0, 0.05) is 32.6 Å². The van der Waals surface area contributed by atoms with Crippen LogP contribution in [-0.2, 0) is 0 Å². The number of nitrogens with zero attached hydrogens (tertiary/aromatic N) is 3. The van der Waals surface area contributed by atoms with Gasteiger partial charge in [0.1, 0.15) is 4.88 Å². The van der Waals surface area contributed by atoms with Crippen molar-refractivity contribution < 1.29 is 14.7 Å². The summed E-state index contributed by atoms with van der Waals surface area (Å²) >= 11 is 1.17. The first kappa shape index (κ1) is 14.0. The number of hydrogen-bond acceptors (Lipinski definition) is 6. The first-order valence-electron chi connectivity index (χ1n) is 6.10. The van der Waals surface area contributed by atoms with E-state index in [1.807, 2.05) is 0 Å². The highest BCUT2D eigenvalue weighted by Crippen LogP contribution is 2.29. The second kappa shape index (κ2) is 5.26. The minimum absolute atomic E-state index is 0.126. The predicted molar refractivity (Wildman–Crippen MR) is 73.4 cm³/mol. The normalized spacial score (nSPS) is 20.6. The molecule has 6 nitrogen and oxygen atoms in total. The third-order valence-electron chi connectivity index (χ3n) is 3.21. The fourth-order valence-electron chi connectivity index (χ4n) is 2.24. The highest BCUT2D eigenvalue weighted by atomic mass is 32.1. The van der Waals surface area contributed by atoms with Crippen LogP contribution in [-0.4, -0.2) is 59.5 Å². The maximum atomic E-state index is 11.5. The fraction of sp³-hybridized carbons (Fsp3) is 0.583. The maximum Gasteiger partial charge on any atom is 0.356 e. The molecule has 2 heterocycles. The Balaban J connectivity index is 2.33. The number of ketones is 1. The van der Waals surface area contributed by atoms with E-state index < -0.39 is 5.97 Å². The molecule has 19 heavy (non-hydrogen) atoms. The molecule has 0 bridgehead atoms. The Morgan fingerprint density at radius 1 is 1.42 bits per heavy atom. The maximum absolute atomic E-state index is 11.5. The quantitative estimate of drug-likeness (QED) is 0.840. The molecule has 0 radical (unpaired) electrons. The van der Waals surface area contributed by atoms with Gasteiger partial charge in [-0.3, -0.25) is 4.79 Å². The minimum atomic E-state index is -1.14. The number of rotatable bonds is 3. The van der Waals surface area contributed by atoms with Crippen molar-refractivity contribution in [2.75, 3.05) is 31.6 Å². The summed E-state index contributed by atoms with van der Waals surface area (Å²) in [5, 5.41) is 9.73. The average Bonchev–Trinajstić information content (AvgIpc) is 2.73. The van der Waals surface area contributed by atoms with Crippen LogP contribution in [0.15, 0.2) is 0 Å². The van der Waals surface area contributed by atoms with Crippen LogP contribution in [0.3, 0.4) is 0 Å². The summed E-state index contributed by atoms with van der Waals surface area (Å²) < 4.78 is 0. The monoisotopic (exact) mass is 283 g/mol. The van der Waals surface area contributed by atoms with Crippen LogP contribution in [0.2, 0.25) is 0 Å². The number of likely N-dealkylation sites (N-methyl/N-ethyl adjacent to an activating group) is 1. The number of thiazole rings is 1. The first-order chi connectivity index (χ1) is 8.90. The average molecular weight is 283 g/mol. The van der Waals surface area contributed by atoms with Gasteiger partial charge in [-0.2, -0.15) is 0 Å². The summed E-state index contributed by atoms with van der Waals surface area (Å²) in [5.41, 5.74) is -0.126. The molecule has 1 unspecified atom stereocenters. The van der Waals surface area contributed by atoms with E-state index in [4.69, 9.17) is 5.11 Å². The van der Waals surface area contributed by atoms with Gasteiger partial charge in [-0.05, 0) is 14.0 Å². The van der Waals surface area contributed by atoms with Crippen LogP contribution in [0.5, 0.6) is 0 Å². The third kappa shape index (κ3) is 2.76. The Morgan fingerprint density at radius 3 is 2.58 bits per heavy atom. The zero-order valence-corrected chi connectivity index (χ0v) is 12.0. The lowest BCUT2D eigenvalue weighted by atomic mass is 10.2. The van der Waals surface area contributed by atoms with Gasteiger partial charge < -0.3 is 14.9 Å². The number of aromatic nitrogens is 1. The summed E-state index contributed by atoms with van der Waals surface area (Å²) in [6.45, 7) is 6.04. The molecule has 1 fully saturated rings. The molecule has 1 aromatic rings. The molecule has 0 aromatic carbocycles. The van der Waals surface area contributed by atoms with E-state index in [1.165, 1.54) is 18.3 Å². The molecule has 1 aliphatic heterocycles. The van der Waals surface area contributed by atoms with Crippen LogP contribution < -0.4 is 4.90 Å². The summed E-state index contributed by atoms with van der Waals surface area (Å²) in [6, 6.07) is 0.256. The number of carboxylic acids is 1. The molecule has 0 amide bonds. The number of Topliss-reactive ketones (excluding diaryl/α,β-unsaturated/α-hetero) is 1. The Bertz CT molecular complexity index is 483. The van der Waals surface area contributed by atoms with Crippen molar-refractivity contribution in [3.8, 4) is 0 Å². The Hall–Kier alpha value is -1.47.